The average molecular weight is 1480 g/mol. The van der Waals surface area contributed by atoms with Gasteiger partial charge in [0.15, 0.2) is 0 Å². The summed E-state index contributed by atoms with van der Waals surface area (Å²) < 4.78 is 42.2. The molecular formula is C73H119ClF3N13O13. The molecule has 0 aromatic carbocycles. The number of nitrogens with one attached hydrogen (secondary N) is 3. The van der Waals surface area contributed by atoms with Crippen LogP contribution in [0.1, 0.15) is 189 Å². The number of amides is 13. The second-order valence-electron chi connectivity index (χ2n) is 31.5. The topological polar surface area (TPSA) is 290 Å². The number of halogens is 4. The van der Waals surface area contributed by atoms with Crippen LogP contribution in [-0.4, -0.2) is 288 Å². The van der Waals surface area contributed by atoms with E-state index in [4.69, 9.17) is 11.6 Å². The Balaban J connectivity index is 1.47. The number of nitrogens with zero attached hydrogens (tertiary/aromatic N) is 10. The van der Waals surface area contributed by atoms with Gasteiger partial charge in [0.1, 0.15) is 59.9 Å². The van der Waals surface area contributed by atoms with Gasteiger partial charge in [0.2, 0.25) is 76.8 Å². The lowest BCUT2D eigenvalue weighted by molar-refractivity contribution is -0.182. The summed E-state index contributed by atoms with van der Waals surface area (Å²) in [5.41, 5.74) is -1.72. The van der Waals surface area contributed by atoms with Crippen molar-refractivity contribution in [3.63, 3.8) is 0 Å². The predicted octanol–water partition coefficient (Wildman–Crippen LogP) is 5.02. The zero-order valence-electron chi connectivity index (χ0n) is 63.9. The summed E-state index contributed by atoms with van der Waals surface area (Å²) in [6.07, 6.45) is 2.44. The van der Waals surface area contributed by atoms with E-state index in [2.05, 4.69) is 16.0 Å². The number of alkyl halides is 4. The SMILES string of the molecule is CC[C@H](C)[C@@H]1NC(=O)[C@H](CC(C)C)N(C)C(=O)C[C@@H](C(=O)N(C)C)N(C)C(=O)[C@H](C2CCCC2)N(C)C(=O)C2(CCCC2)NC(=O)[C@H](CC(=O)N(C)C)N(C)C(=O)[C@H](CCC2CCC(C(F)(F)F)C(Cl)C2)NC(=O)CN(C)C(=O)[C@H](CC2CCCCC2)N(C)C(=O)[C@@H]2CCN2C(=O)[C@H](C)N(C)C1=O. The van der Waals surface area contributed by atoms with Crippen molar-refractivity contribution in [2.45, 2.75) is 260 Å². The zero-order chi connectivity index (χ0) is 77.0. The Morgan fingerprint density at radius 3 is 1.77 bits per heavy atom. The third-order valence-electron chi connectivity index (χ3n) is 23.4. The fraction of sp³-hybridized carbons (Fsp3) is 0.822. The molecule has 0 aromatic rings. The summed E-state index contributed by atoms with van der Waals surface area (Å²) in [7, 11) is 15.6. The predicted molar refractivity (Wildman–Crippen MR) is 380 cm³/mol. The van der Waals surface area contributed by atoms with Gasteiger partial charge in [-0.25, -0.2) is 0 Å². The molecule has 3 unspecified atom stereocenters. The Kier molecular flexibility index (Phi) is 30.5. The standard InChI is InChI=1S/C73H119ClF3N13O13/c1-17-44(4)60-69(101)84(11)45(5)64(96)90-36-33-52(90)68(100)87(14)55(39-46-25-19-18-20-26-46)67(99)83(10)42-57(91)78-51(32-30-47-29-31-49(50(74)38-47)73(75,76)77)65(97)86(13)54(40-58(92)81(6)7)63(95)80-72(34-23-24-35-72)71(103)89(16)61(48-27-21-22-28-48)70(102)88(15)56(66(98)82(8)9)41-59(93)85(12)53(37-43(2)3)62(94)79-60/h43-56,60-61H,17-42H2,1-16H3,(H,78,91)(H,79,94)(H,80,95)/t44-,45-,47?,49?,50?,51-,52-,53-,54-,55-,56-,60-,61-/m0/s1. The maximum absolute atomic E-state index is 15.7. The normalized spacial score (nSPS) is 29.8. The second kappa shape index (κ2) is 36.9. The molecule has 30 heteroatoms. The molecule has 4 saturated carbocycles. The Morgan fingerprint density at radius 1 is 0.621 bits per heavy atom. The molecule has 6 rings (SSSR count). The zero-order valence-corrected chi connectivity index (χ0v) is 64.7. The molecule has 2 aliphatic heterocycles. The molecule has 13 atom stereocenters. The summed E-state index contributed by atoms with van der Waals surface area (Å²) >= 11 is 6.41. The van der Waals surface area contributed by atoms with Gasteiger partial charge in [-0.3, -0.25) is 62.3 Å². The maximum Gasteiger partial charge on any atom is 0.393 e. The first-order valence-corrected chi connectivity index (χ1v) is 37.8. The molecule has 2 saturated heterocycles. The highest BCUT2D eigenvalue weighted by molar-refractivity contribution is 6.21. The van der Waals surface area contributed by atoms with Crippen LogP contribution in [-0.2, 0) is 62.3 Å². The first-order valence-electron chi connectivity index (χ1n) is 37.4. The minimum Gasteiger partial charge on any atom is -0.349 e. The summed E-state index contributed by atoms with van der Waals surface area (Å²) in [5.74, 6) is -12.4. The van der Waals surface area contributed by atoms with Gasteiger partial charge in [-0.1, -0.05) is 91.9 Å². The molecular weight excluding hydrogens is 1360 g/mol. The number of carbonyl (C=O) groups excluding carboxylic acids is 13. The van der Waals surface area contributed by atoms with Crippen LogP contribution >= 0.6 is 11.6 Å². The lowest BCUT2D eigenvalue weighted by Crippen LogP contribution is -2.65. The second-order valence-corrected chi connectivity index (χ2v) is 32.0. The van der Waals surface area contributed by atoms with Crippen LogP contribution in [0, 0.1) is 35.5 Å². The molecule has 3 N–H and O–H groups in total. The monoisotopic (exact) mass is 1480 g/mol. The van der Waals surface area contributed by atoms with Crippen LogP contribution in [0.5, 0.6) is 0 Å². The van der Waals surface area contributed by atoms with Crippen LogP contribution in [0.2, 0.25) is 0 Å². The molecule has 6 fully saturated rings. The summed E-state index contributed by atoms with van der Waals surface area (Å²) in [5, 5.41) is 7.36. The fourth-order valence-electron chi connectivity index (χ4n) is 16.2. The highest BCUT2D eigenvalue weighted by atomic mass is 35.5. The van der Waals surface area contributed by atoms with E-state index in [-0.39, 0.29) is 82.6 Å². The summed E-state index contributed by atoms with van der Waals surface area (Å²) in [6.45, 7) is 8.28. The highest BCUT2D eigenvalue weighted by Crippen LogP contribution is 2.44. The molecule has 6 aliphatic rings. The minimum absolute atomic E-state index is 0.0000911. The number of hydrogen-bond donors (Lipinski definition) is 3. The van der Waals surface area contributed by atoms with Gasteiger partial charge in [-0.2, -0.15) is 13.2 Å². The molecule has 0 aromatic heterocycles. The molecule has 1 spiro atoms. The molecule has 103 heavy (non-hydrogen) atoms. The van der Waals surface area contributed by atoms with Gasteiger partial charge >= 0.3 is 6.18 Å². The quantitative estimate of drug-likeness (QED) is 0.205. The van der Waals surface area contributed by atoms with Gasteiger partial charge in [-0.05, 0) is 114 Å². The first-order chi connectivity index (χ1) is 48.2. The van der Waals surface area contributed by atoms with E-state index in [0.717, 1.165) is 46.8 Å². The third kappa shape index (κ3) is 20.8. The third-order valence-corrected chi connectivity index (χ3v) is 23.9. The number of carbonyl (C=O) groups is 13. The number of likely N-dealkylation sites (N-methyl/N-ethyl adjacent to an activating group) is 8. The van der Waals surface area contributed by atoms with E-state index >= 15 is 24.0 Å². The minimum atomic E-state index is -4.55. The van der Waals surface area contributed by atoms with Crippen LogP contribution in [0.15, 0.2) is 0 Å². The van der Waals surface area contributed by atoms with Crippen LogP contribution in [0.3, 0.4) is 0 Å². The van der Waals surface area contributed by atoms with Gasteiger partial charge in [-0.15, -0.1) is 11.6 Å². The molecule has 0 radical (unpaired) electrons. The van der Waals surface area contributed by atoms with Crippen molar-refractivity contribution in [1.82, 2.24) is 64.9 Å². The smallest absolute Gasteiger partial charge is 0.349 e. The van der Waals surface area contributed by atoms with Gasteiger partial charge in [0, 0.05) is 89.4 Å². The lowest BCUT2D eigenvalue weighted by atomic mass is 9.78. The van der Waals surface area contributed by atoms with Crippen molar-refractivity contribution in [2.24, 2.45) is 35.5 Å². The Bertz CT molecular complexity index is 3050. The van der Waals surface area contributed by atoms with Gasteiger partial charge in [0.25, 0.3) is 0 Å². The number of rotatable bonds is 13. The van der Waals surface area contributed by atoms with Crippen LogP contribution in [0.25, 0.3) is 0 Å². The molecule has 582 valence electrons. The average Bonchev–Trinajstić information content (AvgIpc) is 1.43. The van der Waals surface area contributed by atoms with E-state index in [1.165, 1.54) is 119 Å². The summed E-state index contributed by atoms with van der Waals surface area (Å²) in [6, 6.07) is -11.7. The Hall–Kier alpha value is -6.81. The van der Waals surface area contributed by atoms with Crippen molar-refractivity contribution in [1.29, 1.82) is 0 Å². The van der Waals surface area contributed by atoms with E-state index in [1.807, 2.05) is 20.8 Å². The first kappa shape index (κ1) is 85.1. The van der Waals surface area contributed by atoms with Crippen molar-refractivity contribution in [2.75, 3.05) is 90.6 Å². The van der Waals surface area contributed by atoms with E-state index in [9.17, 15) is 51.5 Å². The van der Waals surface area contributed by atoms with E-state index in [1.54, 1.807) is 6.92 Å². The van der Waals surface area contributed by atoms with Gasteiger partial charge in [0.05, 0.1) is 25.3 Å². The van der Waals surface area contributed by atoms with Crippen molar-refractivity contribution >= 4 is 88.4 Å². The van der Waals surface area contributed by atoms with E-state index < -0.39 is 191 Å². The van der Waals surface area contributed by atoms with Crippen molar-refractivity contribution < 1.29 is 75.5 Å². The molecule has 13 amide bonds. The van der Waals surface area contributed by atoms with Gasteiger partial charge < -0.3 is 64.9 Å². The van der Waals surface area contributed by atoms with Crippen LogP contribution in [0.4, 0.5) is 13.2 Å². The van der Waals surface area contributed by atoms with E-state index in [0.29, 0.717) is 44.9 Å². The summed E-state index contributed by atoms with van der Waals surface area (Å²) in [4.78, 5) is 207. The number of fused-ring (bicyclic) bond motifs is 1. The number of hydrogen-bond acceptors (Lipinski definition) is 13. The molecule has 26 nitrogen and oxygen atoms in total. The maximum atomic E-state index is 15.7. The van der Waals surface area contributed by atoms with Crippen molar-refractivity contribution in [3.8, 4) is 0 Å². The largest absolute Gasteiger partial charge is 0.393 e. The molecule has 4 aliphatic carbocycles. The fourth-order valence-corrected chi connectivity index (χ4v) is 16.7. The Labute approximate surface area is 612 Å². The Morgan fingerprint density at radius 2 is 1.22 bits per heavy atom. The van der Waals surface area contributed by atoms with Crippen molar-refractivity contribution in [3.05, 3.63) is 0 Å². The van der Waals surface area contributed by atoms with Crippen LogP contribution < -0.4 is 16.0 Å². The highest BCUT2D eigenvalue weighted by Gasteiger charge is 2.53. The molecule has 0 bridgehead atoms. The molecule has 2 heterocycles. The lowest BCUT2D eigenvalue weighted by Gasteiger charge is -2.45.